The summed E-state index contributed by atoms with van der Waals surface area (Å²) in [7, 11) is 1.60. The molecule has 0 aliphatic heterocycles. The highest BCUT2D eigenvalue weighted by molar-refractivity contribution is 5.91. The molecule has 3 heteroatoms. The second kappa shape index (κ2) is 6.80. The predicted molar refractivity (Wildman–Crippen MR) is 62.3 cm³/mol. The lowest BCUT2D eigenvalue weighted by molar-refractivity contribution is 0.0544. The highest BCUT2D eigenvalue weighted by atomic mass is 16.5. The maximum Gasteiger partial charge on any atom is 0.338 e. The van der Waals surface area contributed by atoms with E-state index < -0.39 is 0 Å². The smallest absolute Gasteiger partial charge is 0.338 e. The van der Waals surface area contributed by atoms with Crippen LogP contribution in [0.15, 0.2) is 36.4 Å². The molecule has 86 valence electrons. The summed E-state index contributed by atoms with van der Waals surface area (Å²) in [5.74, 6) is -0.314. The fraction of sp³-hybridized carbons (Fsp3) is 0.308. The number of hydrogen-bond acceptors (Lipinski definition) is 3. The third kappa shape index (κ3) is 3.51. The molecule has 0 radical (unpaired) electrons. The van der Waals surface area contributed by atoms with Crippen molar-refractivity contribution < 1.29 is 14.3 Å². The third-order valence-electron chi connectivity index (χ3n) is 2.08. The van der Waals surface area contributed by atoms with Gasteiger partial charge in [0.2, 0.25) is 0 Å². The molecule has 0 aromatic heterocycles. The van der Waals surface area contributed by atoms with E-state index in [4.69, 9.17) is 9.47 Å². The van der Waals surface area contributed by atoms with Crippen LogP contribution in [0, 0.1) is 0 Å². The first-order chi connectivity index (χ1) is 7.79. The Kier molecular flexibility index (Phi) is 5.29. The molecule has 0 amide bonds. The lowest BCUT2D eigenvalue weighted by atomic mass is 10.1. The summed E-state index contributed by atoms with van der Waals surface area (Å²) in [4.78, 5) is 11.7. The molecule has 0 saturated heterocycles. The Labute approximate surface area is 95.7 Å². The Morgan fingerprint density at radius 3 is 2.81 bits per heavy atom. The van der Waals surface area contributed by atoms with E-state index in [1.165, 1.54) is 0 Å². The molecular formula is C13H16O3. The molecule has 0 bridgehead atoms. The van der Waals surface area contributed by atoms with Gasteiger partial charge in [-0.25, -0.2) is 4.79 Å². The fourth-order valence-electron chi connectivity index (χ4n) is 1.30. The fourth-order valence-corrected chi connectivity index (χ4v) is 1.30. The average molecular weight is 220 g/mol. The molecule has 0 spiro atoms. The van der Waals surface area contributed by atoms with E-state index in [0.717, 1.165) is 5.56 Å². The second-order valence-corrected chi connectivity index (χ2v) is 3.26. The lowest BCUT2D eigenvalue weighted by Crippen LogP contribution is -2.08. The number of hydrogen-bond donors (Lipinski definition) is 0. The van der Waals surface area contributed by atoms with E-state index >= 15 is 0 Å². The molecule has 0 aliphatic carbocycles. The molecule has 1 aromatic carbocycles. The van der Waals surface area contributed by atoms with Gasteiger partial charge in [0.05, 0.1) is 12.2 Å². The molecule has 0 N–H and O–H groups in total. The highest BCUT2D eigenvalue weighted by Crippen LogP contribution is 2.11. The van der Waals surface area contributed by atoms with Crippen molar-refractivity contribution in [3.8, 4) is 0 Å². The van der Waals surface area contributed by atoms with Crippen molar-refractivity contribution >= 4 is 5.97 Å². The number of carbonyl (C=O) groups excluding carboxylic acids is 1. The van der Waals surface area contributed by atoms with Crippen LogP contribution in [0.1, 0.15) is 22.8 Å². The number of methoxy groups -OCH3 is 1. The van der Waals surface area contributed by atoms with E-state index in [-0.39, 0.29) is 5.97 Å². The van der Waals surface area contributed by atoms with E-state index in [0.29, 0.717) is 18.8 Å². The van der Waals surface area contributed by atoms with Gasteiger partial charge in [0, 0.05) is 7.11 Å². The Hall–Kier alpha value is -1.61. The summed E-state index contributed by atoms with van der Waals surface area (Å²) in [6.07, 6.45) is 3.63. The van der Waals surface area contributed by atoms with Crippen LogP contribution in [0.2, 0.25) is 0 Å². The first-order valence-electron chi connectivity index (χ1n) is 5.14. The minimum atomic E-state index is -0.314. The Bertz CT molecular complexity index is 369. The van der Waals surface area contributed by atoms with Gasteiger partial charge in [-0.2, -0.15) is 0 Å². The first-order valence-corrected chi connectivity index (χ1v) is 5.14. The van der Waals surface area contributed by atoms with Gasteiger partial charge in [0.1, 0.15) is 6.61 Å². The molecule has 0 fully saturated rings. The van der Waals surface area contributed by atoms with Crippen molar-refractivity contribution in [1.82, 2.24) is 0 Å². The van der Waals surface area contributed by atoms with Crippen LogP contribution in [-0.2, 0) is 16.1 Å². The number of esters is 1. The Morgan fingerprint density at radius 2 is 2.12 bits per heavy atom. The summed E-state index contributed by atoms with van der Waals surface area (Å²) in [5.41, 5.74) is 1.41. The molecule has 0 unspecified atom stereocenters. The summed E-state index contributed by atoms with van der Waals surface area (Å²) >= 11 is 0. The van der Waals surface area contributed by atoms with Crippen LogP contribution in [0.4, 0.5) is 0 Å². The molecule has 0 atom stereocenters. The summed E-state index contributed by atoms with van der Waals surface area (Å²) in [5, 5.41) is 0. The summed E-state index contributed by atoms with van der Waals surface area (Å²) in [6.45, 7) is 2.60. The van der Waals surface area contributed by atoms with Crippen molar-refractivity contribution in [1.29, 1.82) is 0 Å². The summed E-state index contributed by atoms with van der Waals surface area (Å²) < 4.78 is 10.1. The minimum absolute atomic E-state index is 0.302. The standard InChI is InChI=1S/C13H16O3/c1-3-4-9-16-13(14)12-8-6-5-7-11(12)10-15-2/h3-8H,9-10H2,1-2H3/b4-3+. The number of rotatable bonds is 5. The van der Waals surface area contributed by atoms with E-state index in [9.17, 15) is 4.79 Å². The van der Waals surface area contributed by atoms with Gasteiger partial charge in [-0.05, 0) is 18.6 Å². The third-order valence-corrected chi connectivity index (χ3v) is 2.08. The highest BCUT2D eigenvalue weighted by Gasteiger charge is 2.10. The van der Waals surface area contributed by atoms with Crippen LogP contribution in [-0.4, -0.2) is 19.7 Å². The van der Waals surface area contributed by atoms with Crippen LogP contribution >= 0.6 is 0 Å². The van der Waals surface area contributed by atoms with Crippen molar-refractivity contribution in [3.05, 3.63) is 47.5 Å². The predicted octanol–water partition coefficient (Wildman–Crippen LogP) is 2.57. The largest absolute Gasteiger partial charge is 0.458 e. The average Bonchev–Trinajstić information content (AvgIpc) is 2.30. The monoisotopic (exact) mass is 220 g/mol. The van der Waals surface area contributed by atoms with Crippen molar-refractivity contribution in [2.45, 2.75) is 13.5 Å². The quantitative estimate of drug-likeness (QED) is 0.565. The molecule has 3 nitrogen and oxygen atoms in total. The Morgan fingerprint density at radius 1 is 1.38 bits per heavy atom. The zero-order valence-electron chi connectivity index (χ0n) is 9.60. The van der Waals surface area contributed by atoms with Crippen LogP contribution < -0.4 is 0 Å². The van der Waals surface area contributed by atoms with Crippen LogP contribution in [0.25, 0.3) is 0 Å². The van der Waals surface area contributed by atoms with Gasteiger partial charge in [-0.15, -0.1) is 0 Å². The van der Waals surface area contributed by atoms with Gasteiger partial charge < -0.3 is 9.47 Å². The van der Waals surface area contributed by atoms with Gasteiger partial charge in [-0.1, -0.05) is 30.4 Å². The molecular weight excluding hydrogens is 204 g/mol. The minimum Gasteiger partial charge on any atom is -0.458 e. The Balaban J connectivity index is 2.73. The summed E-state index contributed by atoms with van der Waals surface area (Å²) in [6, 6.07) is 7.28. The van der Waals surface area contributed by atoms with Crippen molar-refractivity contribution in [2.75, 3.05) is 13.7 Å². The topological polar surface area (TPSA) is 35.5 Å². The molecule has 0 saturated carbocycles. The van der Waals surface area contributed by atoms with E-state index in [2.05, 4.69) is 0 Å². The normalized spacial score (nSPS) is 10.6. The zero-order chi connectivity index (χ0) is 11.8. The van der Waals surface area contributed by atoms with Gasteiger partial charge in [0.15, 0.2) is 0 Å². The number of ether oxygens (including phenoxy) is 2. The molecule has 16 heavy (non-hydrogen) atoms. The number of benzene rings is 1. The van der Waals surface area contributed by atoms with Gasteiger partial charge in [-0.3, -0.25) is 0 Å². The van der Waals surface area contributed by atoms with Crippen LogP contribution in [0.3, 0.4) is 0 Å². The van der Waals surface area contributed by atoms with Gasteiger partial charge >= 0.3 is 5.97 Å². The van der Waals surface area contributed by atoms with Crippen LogP contribution in [0.5, 0.6) is 0 Å². The number of carbonyl (C=O) groups is 1. The maximum absolute atomic E-state index is 11.7. The molecule has 0 aliphatic rings. The van der Waals surface area contributed by atoms with E-state index in [1.807, 2.05) is 31.2 Å². The molecule has 1 rings (SSSR count). The van der Waals surface area contributed by atoms with Crippen molar-refractivity contribution in [3.63, 3.8) is 0 Å². The SMILES string of the molecule is C/C=C/COC(=O)c1ccccc1COC. The maximum atomic E-state index is 11.7. The molecule has 0 heterocycles. The second-order valence-electron chi connectivity index (χ2n) is 3.26. The lowest BCUT2D eigenvalue weighted by Gasteiger charge is -2.07. The number of allylic oxidation sites excluding steroid dienone is 1. The van der Waals surface area contributed by atoms with E-state index in [1.54, 1.807) is 19.3 Å². The molecule has 1 aromatic rings. The van der Waals surface area contributed by atoms with Gasteiger partial charge in [0.25, 0.3) is 0 Å². The first kappa shape index (κ1) is 12.5. The zero-order valence-corrected chi connectivity index (χ0v) is 9.60. The van der Waals surface area contributed by atoms with Crippen molar-refractivity contribution in [2.24, 2.45) is 0 Å².